The van der Waals surface area contributed by atoms with Crippen molar-refractivity contribution in [3.63, 3.8) is 0 Å². The van der Waals surface area contributed by atoms with Gasteiger partial charge in [0.15, 0.2) is 0 Å². The maximum absolute atomic E-state index is 12.2. The first kappa shape index (κ1) is 16.7. The molecule has 0 bridgehead atoms. The highest BCUT2D eigenvalue weighted by Gasteiger charge is 2.26. The van der Waals surface area contributed by atoms with Crippen molar-refractivity contribution < 1.29 is 4.79 Å². The number of rotatable bonds is 5. The number of halogens is 1. The average Bonchev–Trinajstić information content (AvgIpc) is 2.50. The molecule has 1 aromatic carbocycles. The smallest absolute Gasteiger partial charge is 0.239 e. The molecule has 2 rings (SSSR count). The minimum atomic E-state index is -0.324. The maximum atomic E-state index is 12.2. The lowest BCUT2D eigenvalue weighted by Crippen LogP contribution is -2.47. The summed E-state index contributed by atoms with van der Waals surface area (Å²) in [5.41, 5.74) is 5.92. The van der Waals surface area contributed by atoms with Crippen molar-refractivity contribution in [1.29, 1.82) is 0 Å². The molecule has 1 aliphatic rings. The average molecular weight is 327 g/mol. The van der Waals surface area contributed by atoms with E-state index in [4.69, 9.17) is 17.3 Å². The van der Waals surface area contributed by atoms with Gasteiger partial charge in [0.25, 0.3) is 0 Å². The molecule has 1 amide bonds. The lowest BCUT2D eigenvalue weighted by Gasteiger charge is -2.33. The number of piperidine rings is 1. The zero-order valence-electron chi connectivity index (χ0n) is 12.4. The minimum Gasteiger partial charge on any atom is -0.341 e. The number of likely N-dealkylation sites (tertiary alicyclic amines) is 1. The van der Waals surface area contributed by atoms with E-state index >= 15 is 0 Å². The molecule has 3 nitrogen and oxygen atoms in total. The van der Waals surface area contributed by atoms with Crippen molar-refractivity contribution in [2.45, 2.75) is 48.8 Å². The molecule has 1 fully saturated rings. The van der Waals surface area contributed by atoms with Gasteiger partial charge in [0, 0.05) is 28.3 Å². The van der Waals surface area contributed by atoms with Gasteiger partial charge in [-0.3, -0.25) is 4.79 Å². The Hall–Kier alpha value is -0.710. The second-order valence-electron chi connectivity index (χ2n) is 5.49. The molecule has 1 heterocycles. The molecule has 5 heteroatoms. The standard InChI is InChI=1S/C16H23ClN2OS/c1-2-3-15(18)16(20)19-10-8-14(9-11-19)21-13-6-4-12(17)5-7-13/h4-7,14-15H,2-3,8-11,18H2,1H3. The van der Waals surface area contributed by atoms with Crippen molar-refractivity contribution >= 4 is 29.3 Å². The van der Waals surface area contributed by atoms with Crippen molar-refractivity contribution in [2.24, 2.45) is 5.73 Å². The predicted molar refractivity (Wildman–Crippen MR) is 89.8 cm³/mol. The Kier molecular flexibility index (Phi) is 6.40. The molecule has 1 unspecified atom stereocenters. The SMILES string of the molecule is CCCC(N)C(=O)N1CCC(Sc2ccc(Cl)cc2)CC1. The van der Waals surface area contributed by atoms with E-state index < -0.39 is 0 Å². The summed E-state index contributed by atoms with van der Waals surface area (Å²) in [5, 5.41) is 1.34. The van der Waals surface area contributed by atoms with Gasteiger partial charge in [-0.2, -0.15) is 0 Å². The third-order valence-electron chi connectivity index (χ3n) is 3.79. The van der Waals surface area contributed by atoms with E-state index in [1.54, 1.807) is 0 Å². The van der Waals surface area contributed by atoms with Crippen LogP contribution in [0.1, 0.15) is 32.6 Å². The lowest BCUT2D eigenvalue weighted by molar-refractivity contribution is -0.133. The Morgan fingerprint density at radius 1 is 1.38 bits per heavy atom. The number of hydrogen-bond acceptors (Lipinski definition) is 3. The summed E-state index contributed by atoms with van der Waals surface area (Å²) in [6, 6.07) is 7.64. The van der Waals surface area contributed by atoms with Crippen molar-refractivity contribution in [2.75, 3.05) is 13.1 Å². The number of nitrogens with zero attached hydrogens (tertiary/aromatic N) is 1. The number of benzene rings is 1. The van der Waals surface area contributed by atoms with Crippen molar-refractivity contribution in [3.8, 4) is 0 Å². The molecule has 1 saturated heterocycles. The van der Waals surface area contributed by atoms with E-state index in [9.17, 15) is 4.79 Å². The van der Waals surface area contributed by atoms with Crippen LogP contribution in [0.3, 0.4) is 0 Å². The van der Waals surface area contributed by atoms with Crippen LogP contribution in [0.4, 0.5) is 0 Å². The molecule has 21 heavy (non-hydrogen) atoms. The van der Waals surface area contributed by atoms with E-state index in [0.29, 0.717) is 5.25 Å². The predicted octanol–water partition coefficient (Wildman–Crippen LogP) is 3.55. The molecule has 0 radical (unpaired) electrons. The quantitative estimate of drug-likeness (QED) is 0.900. The molecule has 1 aromatic rings. The fourth-order valence-corrected chi connectivity index (χ4v) is 3.82. The van der Waals surface area contributed by atoms with Crippen LogP contribution in [0.25, 0.3) is 0 Å². The van der Waals surface area contributed by atoms with Crippen LogP contribution in [0, 0.1) is 0 Å². The molecular formula is C16H23ClN2OS. The first-order valence-corrected chi connectivity index (χ1v) is 8.82. The number of nitrogens with two attached hydrogens (primary N) is 1. The van der Waals surface area contributed by atoms with Crippen LogP contribution in [0.2, 0.25) is 5.02 Å². The van der Waals surface area contributed by atoms with E-state index in [-0.39, 0.29) is 11.9 Å². The highest BCUT2D eigenvalue weighted by molar-refractivity contribution is 8.00. The van der Waals surface area contributed by atoms with E-state index in [0.717, 1.165) is 43.8 Å². The second-order valence-corrected chi connectivity index (χ2v) is 7.30. The van der Waals surface area contributed by atoms with E-state index in [1.807, 2.05) is 28.8 Å². The third-order valence-corrected chi connectivity index (χ3v) is 5.39. The molecule has 0 spiro atoms. The van der Waals surface area contributed by atoms with Gasteiger partial charge < -0.3 is 10.6 Å². The summed E-state index contributed by atoms with van der Waals surface area (Å²) >= 11 is 7.78. The Morgan fingerprint density at radius 2 is 2.00 bits per heavy atom. The number of carbonyl (C=O) groups is 1. The maximum Gasteiger partial charge on any atom is 0.239 e. The molecular weight excluding hydrogens is 304 g/mol. The van der Waals surface area contributed by atoms with Gasteiger partial charge in [0.1, 0.15) is 0 Å². The summed E-state index contributed by atoms with van der Waals surface area (Å²) in [7, 11) is 0. The van der Waals surface area contributed by atoms with Crippen LogP contribution in [0.5, 0.6) is 0 Å². The van der Waals surface area contributed by atoms with Gasteiger partial charge in [-0.15, -0.1) is 11.8 Å². The fraction of sp³-hybridized carbons (Fsp3) is 0.562. The minimum absolute atomic E-state index is 0.117. The van der Waals surface area contributed by atoms with Gasteiger partial charge in [-0.25, -0.2) is 0 Å². The second kappa shape index (κ2) is 8.06. The highest BCUT2D eigenvalue weighted by Crippen LogP contribution is 2.31. The Balaban J connectivity index is 1.80. The van der Waals surface area contributed by atoms with Crippen LogP contribution in [-0.4, -0.2) is 35.2 Å². The third kappa shape index (κ3) is 4.90. The van der Waals surface area contributed by atoms with Gasteiger partial charge in [-0.05, 0) is 43.5 Å². The number of thioether (sulfide) groups is 1. The highest BCUT2D eigenvalue weighted by atomic mass is 35.5. The summed E-state index contributed by atoms with van der Waals surface area (Å²) in [6.07, 6.45) is 3.78. The van der Waals surface area contributed by atoms with E-state index in [2.05, 4.69) is 19.1 Å². The molecule has 2 N–H and O–H groups in total. The molecule has 0 aliphatic carbocycles. The topological polar surface area (TPSA) is 46.3 Å². The summed E-state index contributed by atoms with van der Waals surface area (Å²) in [5.74, 6) is 0.117. The van der Waals surface area contributed by atoms with Crippen molar-refractivity contribution in [1.82, 2.24) is 4.90 Å². The number of amides is 1. The molecule has 116 valence electrons. The summed E-state index contributed by atoms with van der Waals surface area (Å²) in [4.78, 5) is 15.3. The molecule has 0 aromatic heterocycles. The van der Waals surface area contributed by atoms with Gasteiger partial charge in [0.05, 0.1) is 6.04 Å². The molecule has 1 atom stereocenters. The number of hydrogen-bond donors (Lipinski definition) is 1. The lowest BCUT2D eigenvalue weighted by atomic mass is 10.1. The van der Waals surface area contributed by atoms with Crippen molar-refractivity contribution in [3.05, 3.63) is 29.3 Å². The first-order valence-electron chi connectivity index (χ1n) is 7.56. The van der Waals surface area contributed by atoms with Gasteiger partial charge in [-0.1, -0.05) is 24.9 Å². The Morgan fingerprint density at radius 3 is 2.57 bits per heavy atom. The molecule has 1 aliphatic heterocycles. The first-order chi connectivity index (χ1) is 10.1. The fourth-order valence-electron chi connectivity index (χ4n) is 2.57. The Labute approximate surface area is 136 Å². The number of carbonyl (C=O) groups excluding carboxylic acids is 1. The largest absolute Gasteiger partial charge is 0.341 e. The molecule has 0 saturated carbocycles. The van der Waals surface area contributed by atoms with Gasteiger partial charge >= 0.3 is 0 Å². The van der Waals surface area contributed by atoms with Gasteiger partial charge in [0.2, 0.25) is 5.91 Å². The monoisotopic (exact) mass is 326 g/mol. The zero-order valence-corrected chi connectivity index (χ0v) is 14.0. The van der Waals surface area contributed by atoms with Crippen LogP contribution >= 0.6 is 23.4 Å². The van der Waals surface area contributed by atoms with Crippen LogP contribution in [0.15, 0.2) is 29.2 Å². The van der Waals surface area contributed by atoms with Crippen LogP contribution in [-0.2, 0) is 4.79 Å². The van der Waals surface area contributed by atoms with E-state index in [1.165, 1.54) is 4.90 Å². The summed E-state index contributed by atoms with van der Waals surface area (Å²) < 4.78 is 0. The Bertz CT molecular complexity index is 458. The normalized spacial score (nSPS) is 17.8. The zero-order chi connectivity index (χ0) is 15.2. The van der Waals surface area contributed by atoms with Crippen LogP contribution < -0.4 is 5.73 Å². The summed E-state index contributed by atoms with van der Waals surface area (Å²) in [6.45, 7) is 3.70.